The molecule has 6 nitrogen and oxygen atoms in total. The summed E-state index contributed by atoms with van der Waals surface area (Å²) in [6.45, 7) is 1.93. The average molecular weight is 310 g/mol. The van der Waals surface area contributed by atoms with Crippen LogP contribution in [0.5, 0.6) is 0 Å². The molecule has 0 aromatic carbocycles. The fraction of sp³-hybridized carbons (Fsp3) is 0.714. The third-order valence-corrected chi connectivity index (χ3v) is 5.29. The second-order valence-corrected chi connectivity index (χ2v) is 7.42. The minimum atomic E-state index is -0.748. The number of aryl methyl sites for hydroxylation is 1. The van der Waals surface area contributed by atoms with E-state index >= 15 is 0 Å². The molecule has 1 aliphatic heterocycles. The number of aromatic nitrogens is 2. The van der Waals surface area contributed by atoms with Gasteiger partial charge in [-0.15, -0.1) is 0 Å². The molecule has 21 heavy (non-hydrogen) atoms. The molecule has 0 spiro atoms. The highest BCUT2D eigenvalue weighted by Crippen LogP contribution is 2.33. The minimum absolute atomic E-state index is 0.00156. The van der Waals surface area contributed by atoms with E-state index in [0.29, 0.717) is 43.0 Å². The van der Waals surface area contributed by atoms with Gasteiger partial charge in [-0.1, -0.05) is 0 Å². The summed E-state index contributed by atoms with van der Waals surface area (Å²) in [6, 6.07) is 0.342. The van der Waals surface area contributed by atoms with Crippen LogP contribution in [0.4, 0.5) is 5.82 Å². The van der Waals surface area contributed by atoms with Crippen molar-refractivity contribution >= 4 is 16.6 Å². The Morgan fingerprint density at radius 3 is 2.67 bits per heavy atom. The lowest BCUT2D eigenvalue weighted by Gasteiger charge is -2.27. The number of nitrogens with zero attached hydrogens (tertiary/aromatic N) is 3. The Balaban J connectivity index is 1.91. The number of hydrogen-bond acceptors (Lipinski definition) is 5. The Kier molecular flexibility index (Phi) is 4.40. The van der Waals surface area contributed by atoms with Gasteiger partial charge >= 0.3 is 0 Å². The van der Waals surface area contributed by atoms with Crippen molar-refractivity contribution in [2.75, 3.05) is 36.0 Å². The molecular formula is C14H22N4O2S. The van der Waals surface area contributed by atoms with Gasteiger partial charge in [0.05, 0.1) is 5.69 Å². The van der Waals surface area contributed by atoms with Crippen LogP contribution in [-0.4, -0.2) is 44.9 Å². The zero-order valence-corrected chi connectivity index (χ0v) is 13.0. The highest BCUT2D eigenvalue weighted by Gasteiger charge is 2.28. The van der Waals surface area contributed by atoms with Crippen molar-refractivity contribution in [2.45, 2.75) is 31.7 Å². The second kappa shape index (κ2) is 6.27. The zero-order chi connectivity index (χ0) is 14.8. The first kappa shape index (κ1) is 14.7. The molecule has 3 rings (SSSR count). The van der Waals surface area contributed by atoms with Gasteiger partial charge in [0.15, 0.2) is 5.82 Å². The number of rotatable bonds is 5. The van der Waals surface area contributed by atoms with Crippen LogP contribution in [-0.2, 0) is 17.2 Å². The molecule has 1 aliphatic carbocycles. The molecule has 7 heteroatoms. The molecule has 2 heterocycles. The molecule has 0 atom stereocenters. The molecular weight excluding hydrogens is 288 g/mol. The van der Waals surface area contributed by atoms with Gasteiger partial charge in [0, 0.05) is 47.6 Å². The van der Waals surface area contributed by atoms with Crippen LogP contribution in [0, 0.1) is 0 Å². The lowest BCUT2D eigenvalue weighted by atomic mass is 10.2. The predicted molar refractivity (Wildman–Crippen MR) is 84.2 cm³/mol. The summed E-state index contributed by atoms with van der Waals surface area (Å²) in [5.41, 5.74) is 6.51. The van der Waals surface area contributed by atoms with E-state index in [0.717, 1.165) is 31.4 Å². The van der Waals surface area contributed by atoms with Crippen molar-refractivity contribution in [3.8, 4) is 0 Å². The van der Waals surface area contributed by atoms with E-state index < -0.39 is 10.8 Å². The Morgan fingerprint density at radius 2 is 2.05 bits per heavy atom. The summed E-state index contributed by atoms with van der Waals surface area (Å²) in [6.07, 6.45) is 5.73. The quantitative estimate of drug-likeness (QED) is 0.830. The summed E-state index contributed by atoms with van der Waals surface area (Å²) in [5.74, 6) is 1.78. The molecule has 2 N–H and O–H groups in total. The topological polar surface area (TPSA) is 81.2 Å². The first-order chi connectivity index (χ1) is 10.2. The summed E-state index contributed by atoms with van der Waals surface area (Å²) in [5, 5.41) is 0. The van der Waals surface area contributed by atoms with Crippen LogP contribution < -0.4 is 16.2 Å². The van der Waals surface area contributed by atoms with E-state index in [-0.39, 0.29) is 5.56 Å². The molecule has 116 valence electrons. The van der Waals surface area contributed by atoms with E-state index in [2.05, 4.69) is 4.98 Å². The zero-order valence-electron chi connectivity index (χ0n) is 12.2. The van der Waals surface area contributed by atoms with Crippen molar-refractivity contribution in [3.05, 3.63) is 22.2 Å². The smallest absolute Gasteiger partial charge is 0.293 e. The second-order valence-electron chi connectivity index (χ2n) is 5.73. The average Bonchev–Trinajstić information content (AvgIpc) is 3.32. The van der Waals surface area contributed by atoms with Gasteiger partial charge in [0.1, 0.15) is 0 Å². The summed E-state index contributed by atoms with van der Waals surface area (Å²) >= 11 is 0. The maximum atomic E-state index is 12.6. The molecule has 1 saturated carbocycles. The van der Waals surface area contributed by atoms with E-state index in [1.807, 2.05) is 15.7 Å². The fourth-order valence-corrected chi connectivity index (χ4v) is 3.68. The maximum absolute atomic E-state index is 12.6. The van der Waals surface area contributed by atoms with Gasteiger partial charge in [-0.05, 0) is 32.2 Å². The normalized spacial score (nSPS) is 20.0. The molecule has 0 unspecified atom stereocenters. The molecule has 0 radical (unpaired) electrons. The van der Waals surface area contributed by atoms with E-state index in [1.54, 1.807) is 0 Å². The van der Waals surface area contributed by atoms with Crippen LogP contribution >= 0.6 is 0 Å². The largest absolute Gasteiger partial charge is 0.350 e. The molecule has 2 aliphatic rings. The predicted octanol–water partition coefficient (Wildman–Crippen LogP) is 0.0382. The summed E-state index contributed by atoms with van der Waals surface area (Å²) < 4.78 is 13.3. The summed E-state index contributed by atoms with van der Waals surface area (Å²) in [7, 11) is -0.748. The maximum Gasteiger partial charge on any atom is 0.293 e. The van der Waals surface area contributed by atoms with Gasteiger partial charge in [-0.3, -0.25) is 9.00 Å². The lowest BCUT2D eigenvalue weighted by molar-refractivity contribution is 0.655. The highest BCUT2D eigenvalue weighted by atomic mass is 32.2. The standard InChI is InChI=1S/C14H22N4O2S/c15-5-1-2-11-10-18(12-3-4-12)14(19)13(16-11)17-6-8-21(20)9-7-17/h10,12H,1-9,15H2. The van der Waals surface area contributed by atoms with Gasteiger partial charge < -0.3 is 15.2 Å². The van der Waals surface area contributed by atoms with Crippen LogP contribution in [0.2, 0.25) is 0 Å². The SMILES string of the molecule is NCCCc1cn(C2CC2)c(=O)c(N2CCS(=O)CC2)n1. The van der Waals surface area contributed by atoms with Crippen LogP contribution in [0.25, 0.3) is 0 Å². The third-order valence-electron chi connectivity index (χ3n) is 4.02. The Morgan fingerprint density at radius 1 is 1.33 bits per heavy atom. The number of hydrogen-bond donors (Lipinski definition) is 1. The number of nitrogens with two attached hydrogens (primary N) is 1. The van der Waals surface area contributed by atoms with E-state index in [9.17, 15) is 9.00 Å². The summed E-state index contributed by atoms with van der Waals surface area (Å²) in [4.78, 5) is 19.2. The molecule has 1 saturated heterocycles. The van der Waals surface area contributed by atoms with Gasteiger partial charge in [-0.2, -0.15) is 0 Å². The number of anilines is 1. The fourth-order valence-electron chi connectivity index (χ4n) is 2.63. The molecule has 1 aromatic heterocycles. The lowest BCUT2D eigenvalue weighted by Crippen LogP contribution is -2.42. The molecule has 0 bridgehead atoms. The monoisotopic (exact) mass is 310 g/mol. The van der Waals surface area contributed by atoms with Gasteiger partial charge in [0.2, 0.25) is 0 Å². The minimum Gasteiger partial charge on any atom is -0.350 e. The Bertz CT molecular complexity index is 587. The first-order valence-electron chi connectivity index (χ1n) is 7.61. The van der Waals surface area contributed by atoms with Crippen molar-refractivity contribution in [1.82, 2.24) is 9.55 Å². The van der Waals surface area contributed by atoms with Crippen molar-refractivity contribution in [2.24, 2.45) is 5.73 Å². The van der Waals surface area contributed by atoms with Gasteiger partial charge in [0.25, 0.3) is 5.56 Å². The van der Waals surface area contributed by atoms with Crippen LogP contribution in [0.3, 0.4) is 0 Å². The Hall–Kier alpha value is -1.21. The first-order valence-corrected chi connectivity index (χ1v) is 9.10. The Labute approximate surface area is 126 Å². The van der Waals surface area contributed by atoms with Crippen molar-refractivity contribution in [3.63, 3.8) is 0 Å². The van der Waals surface area contributed by atoms with Crippen LogP contribution in [0.1, 0.15) is 31.0 Å². The van der Waals surface area contributed by atoms with Crippen molar-refractivity contribution in [1.29, 1.82) is 0 Å². The third kappa shape index (κ3) is 3.35. The van der Waals surface area contributed by atoms with E-state index in [1.165, 1.54) is 0 Å². The van der Waals surface area contributed by atoms with E-state index in [4.69, 9.17) is 5.73 Å². The van der Waals surface area contributed by atoms with Gasteiger partial charge in [-0.25, -0.2) is 4.98 Å². The van der Waals surface area contributed by atoms with Crippen molar-refractivity contribution < 1.29 is 4.21 Å². The molecule has 1 aromatic rings. The van der Waals surface area contributed by atoms with Crippen LogP contribution in [0.15, 0.2) is 11.0 Å². The highest BCUT2D eigenvalue weighted by molar-refractivity contribution is 7.85. The molecule has 0 amide bonds. The molecule has 2 fully saturated rings.